The zero-order chi connectivity index (χ0) is 20.3. The third-order valence-corrected chi connectivity index (χ3v) is 4.66. The Kier molecular flexibility index (Phi) is 7.35. The molecule has 29 heavy (non-hydrogen) atoms. The molecule has 1 aliphatic heterocycles. The minimum atomic E-state index is -0.911. The van der Waals surface area contributed by atoms with Crippen LogP contribution in [0.3, 0.4) is 0 Å². The maximum Gasteiger partial charge on any atom is 0.262 e. The van der Waals surface area contributed by atoms with Gasteiger partial charge >= 0.3 is 0 Å². The Bertz CT molecular complexity index is 855. The van der Waals surface area contributed by atoms with Crippen LogP contribution in [0.5, 0.6) is 17.2 Å². The topological polar surface area (TPSA) is 100 Å². The second-order valence-corrected chi connectivity index (χ2v) is 7.55. The van der Waals surface area contributed by atoms with Gasteiger partial charge in [0.2, 0.25) is 0 Å². The lowest BCUT2D eigenvalue weighted by molar-refractivity contribution is -0.118. The molecule has 0 aliphatic carbocycles. The molecule has 0 aromatic heterocycles. The average molecular weight is 422 g/mol. The van der Waals surface area contributed by atoms with Gasteiger partial charge in [-0.3, -0.25) is 4.79 Å². The number of hydrogen-bond acceptors (Lipinski definition) is 6. The molecule has 0 saturated carbocycles. The van der Waals surface area contributed by atoms with Crippen LogP contribution in [0.2, 0.25) is 0 Å². The zero-order valence-corrected chi connectivity index (χ0v) is 17.4. The van der Waals surface area contributed by atoms with Crippen LogP contribution in [0, 0.1) is 0 Å². The van der Waals surface area contributed by atoms with E-state index in [1.54, 1.807) is 7.11 Å². The fraction of sp³-hybridized carbons (Fsp3) is 0.381. The number of hydrogen-bond donors (Lipinski definition) is 4. The summed E-state index contributed by atoms with van der Waals surface area (Å²) in [5.74, 6) is 0.860. The van der Waals surface area contributed by atoms with Crippen molar-refractivity contribution in [3.05, 3.63) is 47.5 Å². The third-order valence-electron chi connectivity index (χ3n) is 4.66. The standard InChI is InChI=1S/C21H26N2O5.ClH/c1-21(2,10-13-4-6-15(27-3)7-5-13)22-11-18(25)16-8-14(24)9-17-20(16)28-12-19(26)23-17;/h4-9,18,22,24-25H,10-12H2,1-3H3,(H,23,26);1H/p-1/t18-;/m0./s1. The molecular formula is C21H26ClN2O5-. The molecule has 0 fully saturated rings. The predicted octanol–water partition coefficient (Wildman–Crippen LogP) is -0.620. The van der Waals surface area contributed by atoms with Crippen LogP contribution in [0.4, 0.5) is 5.69 Å². The van der Waals surface area contributed by atoms with E-state index in [1.165, 1.54) is 12.1 Å². The molecule has 158 valence electrons. The molecule has 1 aliphatic rings. The van der Waals surface area contributed by atoms with E-state index in [-0.39, 0.29) is 42.8 Å². The normalized spacial score (nSPS) is 14.1. The van der Waals surface area contributed by atoms with E-state index in [2.05, 4.69) is 24.5 Å². The first-order valence-corrected chi connectivity index (χ1v) is 9.13. The van der Waals surface area contributed by atoms with Crippen molar-refractivity contribution in [2.24, 2.45) is 0 Å². The molecule has 2 aromatic carbocycles. The summed E-state index contributed by atoms with van der Waals surface area (Å²) in [6.45, 7) is 4.25. The molecule has 2 aromatic rings. The molecule has 0 radical (unpaired) electrons. The molecule has 8 heteroatoms. The summed E-state index contributed by atoms with van der Waals surface area (Å²) in [5.41, 5.74) is 1.67. The van der Waals surface area contributed by atoms with E-state index in [0.29, 0.717) is 17.0 Å². The molecule has 0 saturated heterocycles. The van der Waals surface area contributed by atoms with Crippen LogP contribution in [0.15, 0.2) is 36.4 Å². The number of methoxy groups -OCH3 is 1. The fourth-order valence-corrected chi connectivity index (χ4v) is 3.26. The van der Waals surface area contributed by atoms with Gasteiger partial charge in [-0.1, -0.05) is 12.1 Å². The van der Waals surface area contributed by atoms with E-state index in [4.69, 9.17) is 9.47 Å². The van der Waals surface area contributed by atoms with Crippen molar-refractivity contribution in [2.75, 3.05) is 25.6 Å². The van der Waals surface area contributed by atoms with Crippen LogP contribution < -0.4 is 32.5 Å². The number of aliphatic hydroxyl groups excluding tert-OH is 1. The molecule has 1 heterocycles. The van der Waals surface area contributed by atoms with Crippen LogP contribution in [0.25, 0.3) is 0 Å². The summed E-state index contributed by atoms with van der Waals surface area (Å²) < 4.78 is 10.7. The molecule has 1 atom stereocenters. The summed E-state index contributed by atoms with van der Waals surface area (Å²) in [7, 11) is 1.64. The number of halogens is 1. The second-order valence-electron chi connectivity index (χ2n) is 7.55. The van der Waals surface area contributed by atoms with Gasteiger partial charge in [-0.25, -0.2) is 0 Å². The van der Waals surface area contributed by atoms with Gasteiger partial charge < -0.3 is 42.7 Å². The number of nitrogens with one attached hydrogen (secondary N) is 2. The molecule has 7 nitrogen and oxygen atoms in total. The number of aliphatic hydroxyl groups is 1. The number of aromatic hydroxyl groups is 1. The largest absolute Gasteiger partial charge is 1.00 e. The second kappa shape index (κ2) is 9.35. The lowest BCUT2D eigenvalue weighted by atomic mass is 9.94. The number of amides is 1. The molecule has 0 bridgehead atoms. The van der Waals surface area contributed by atoms with Crippen molar-refractivity contribution in [3.63, 3.8) is 0 Å². The average Bonchev–Trinajstić information content (AvgIpc) is 2.65. The highest BCUT2D eigenvalue weighted by Gasteiger charge is 2.26. The number of fused-ring (bicyclic) bond motifs is 1. The quantitative estimate of drug-likeness (QED) is 0.475. The first kappa shape index (κ1) is 22.8. The van der Waals surface area contributed by atoms with E-state index < -0.39 is 6.10 Å². The van der Waals surface area contributed by atoms with Crippen LogP contribution >= 0.6 is 0 Å². The summed E-state index contributed by atoms with van der Waals surface area (Å²) in [6, 6.07) is 10.7. The number of rotatable bonds is 7. The van der Waals surface area contributed by atoms with Gasteiger partial charge in [0, 0.05) is 23.7 Å². The highest BCUT2D eigenvalue weighted by molar-refractivity contribution is 5.96. The Morgan fingerprint density at radius 1 is 1.28 bits per heavy atom. The van der Waals surface area contributed by atoms with Crippen molar-refractivity contribution >= 4 is 11.6 Å². The Balaban J connectivity index is 0.00000300. The number of carbonyl (C=O) groups is 1. The first-order chi connectivity index (χ1) is 13.3. The molecule has 0 spiro atoms. The molecular weight excluding hydrogens is 396 g/mol. The van der Waals surface area contributed by atoms with E-state index in [9.17, 15) is 15.0 Å². The van der Waals surface area contributed by atoms with Crippen LogP contribution in [0.1, 0.15) is 31.1 Å². The zero-order valence-electron chi connectivity index (χ0n) is 16.7. The van der Waals surface area contributed by atoms with Crippen molar-refractivity contribution < 1.29 is 36.9 Å². The first-order valence-electron chi connectivity index (χ1n) is 9.13. The Morgan fingerprint density at radius 2 is 1.97 bits per heavy atom. The van der Waals surface area contributed by atoms with Crippen molar-refractivity contribution in [1.29, 1.82) is 0 Å². The van der Waals surface area contributed by atoms with Gasteiger partial charge in [0.05, 0.1) is 18.9 Å². The Labute approximate surface area is 176 Å². The lowest BCUT2D eigenvalue weighted by Crippen LogP contribution is -3.00. The van der Waals surface area contributed by atoms with E-state index >= 15 is 0 Å². The van der Waals surface area contributed by atoms with Gasteiger partial charge in [0.15, 0.2) is 6.61 Å². The van der Waals surface area contributed by atoms with Gasteiger partial charge in [0.25, 0.3) is 5.91 Å². The minimum absolute atomic E-state index is 0. The molecule has 1 amide bonds. The molecule has 4 N–H and O–H groups in total. The number of phenolic OH excluding ortho intramolecular Hbond substituents is 1. The lowest BCUT2D eigenvalue weighted by Gasteiger charge is -2.29. The van der Waals surface area contributed by atoms with Crippen LogP contribution in [-0.4, -0.2) is 41.9 Å². The number of carbonyl (C=O) groups excluding carboxylic acids is 1. The van der Waals surface area contributed by atoms with E-state index in [0.717, 1.165) is 17.7 Å². The summed E-state index contributed by atoms with van der Waals surface area (Å²) in [6.07, 6.45) is -0.153. The highest BCUT2D eigenvalue weighted by Crippen LogP contribution is 2.38. The number of anilines is 1. The maximum atomic E-state index is 11.5. The summed E-state index contributed by atoms with van der Waals surface area (Å²) in [5, 5.41) is 26.6. The van der Waals surface area contributed by atoms with Gasteiger partial charge in [0.1, 0.15) is 17.2 Å². The predicted molar refractivity (Wildman–Crippen MR) is 106 cm³/mol. The summed E-state index contributed by atoms with van der Waals surface area (Å²) >= 11 is 0. The molecule has 3 rings (SSSR count). The highest BCUT2D eigenvalue weighted by atomic mass is 35.5. The van der Waals surface area contributed by atoms with Crippen molar-refractivity contribution in [2.45, 2.75) is 31.9 Å². The summed E-state index contributed by atoms with van der Waals surface area (Å²) in [4.78, 5) is 11.5. The smallest absolute Gasteiger partial charge is 0.262 e. The minimum Gasteiger partial charge on any atom is -1.00 e. The third kappa shape index (κ3) is 5.76. The van der Waals surface area contributed by atoms with Gasteiger partial charge in [-0.05, 0) is 44.0 Å². The number of phenols is 1. The van der Waals surface area contributed by atoms with Gasteiger partial charge in [-0.2, -0.15) is 0 Å². The Morgan fingerprint density at radius 3 is 2.62 bits per heavy atom. The maximum absolute atomic E-state index is 11.5. The fourth-order valence-electron chi connectivity index (χ4n) is 3.26. The number of β-amino-alcohol motifs (C(OH)–C–C–N with tert-alkyl or cyclic N) is 1. The van der Waals surface area contributed by atoms with Crippen LogP contribution in [-0.2, 0) is 11.2 Å². The molecule has 0 unspecified atom stereocenters. The van der Waals surface area contributed by atoms with Crippen molar-refractivity contribution in [3.8, 4) is 17.2 Å². The monoisotopic (exact) mass is 421 g/mol. The number of benzene rings is 2. The SMILES string of the molecule is COc1ccc(CC(C)(C)NC[C@H](O)c2cc(O)cc3c2OCC(=O)N3)cc1.[Cl-]. The van der Waals surface area contributed by atoms with Gasteiger partial charge in [-0.15, -0.1) is 0 Å². The Hall–Kier alpha value is -2.48. The number of ether oxygens (including phenoxy) is 2. The van der Waals surface area contributed by atoms with Crippen molar-refractivity contribution in [1.82, 2.24) is 5.32 Å². The van der Waals surface area contributed by atoms with E-state index in [1.807, 2.05) is 24.3 Å².